The third-order valence-electron chi connectivity index (χ3n) is 6.90. The average molecular weight is 479 g/mol. The zero-order chi connectivity index (χ0) is 25.1. The Bertz CT molecular complexity index is 1150. The summed E-state index contributed by atoms with van der Waals surface area (Å²) in [7, 11) is 1.89. The van der Waals surface area contributed by atoms with Gasteiger partial charge in [0.15, 0.2) is 0 Å². The first-order chi connectivity index (χ1) is 16.7. The minimum Gasteiger partial charge on any atom is -0.364 e. The Morgan fingerprint density at radius 2 is 1.89 bits per heavy atom. The number of carbonyl (C=O) groups excluding carboxylic acids is 2. The second-order valence-electron chi connectivity index (χ2n) is 9.96. The van der Waals surface area contributed by atoms with E-state index in [1.165, 1.54) is 6.26 Å². The molecule has 35 heavy (non-hydrogen) atoms. The van der Waals surface area contributed by atoms with Crippen LogP contribution in [-0.2, 0) is 11.8 Å². The van der Waals surface area contributed by atoms with E-state index in [1.807, 2.05) is 40.1 Å². The molecule has 0 saturated heterocycles. The molecule has 1 aliphatic carbocycles. The highest BCUT2D eigenvalue weighted by Gasteiger charge is 2.34. The summed E-state index contributed by atoms with van der Waals surface area (Å²) in [4.78, 5) is 31.0. The molecule has 2 amide bonds. The lowest BCUT2D eigenvalue weighted by atomic mass is 9.79. The molecule has 3 aromatic rings. The summed E-state index contributed by atoms with van der Waals surface area (Å²) in [6.45, 7) is 8.12. The quantitative estimate of drug-likeness (QED) is 0.518. The smallest absolute Gasteiger partial charge is 0.257 e. The summed E-state index contributed by atoms with van der Waals surface area (Å²) in [6, 6.07) is 3.01. The van der Waals surface area contributed by atoms with Crippen LogP contribution in [0.5, 0.6) is 0 Å². The second-order valence-corrected chi connectivity index (χ2v) is 9.96. The molecule has 9 nitrogen and oxygen atoms in total. The van der Waals surface area contributed by atoms with Crippen molar-refractivity contribution < 1.29 is 14.1 Å². The highest BCUT2D eigenvalue weighted by Crippen LogP contribution is 2.31. The highest BCUT2D eigenvalue weighted by molar-refractivity contribution is 6.01. The number of pyridine rings is 1. The van der Waals surface area contributed by atoms with Crippen molar-refractivity contribution in [2.45, 2.75) is 65.3 Å². The Hall–Kier alpha value is -3.49. The van der Waals surface area contributed by atoms with E-state index < -0.39 is 6.04 Å². The van der Waals surface area contributed by atoms with Crippen LogP contribution >= 0.6 is 0 Å². The van der Waals surface area contributed by atoms with E-state index in [4.69, 9.17) is 4.52 Å². The van der Waals surface area contributed by atoms with Crippen LogP contribution in [0.15, 0.2) is 35.3 Å². The molecule has 0 aromatic carbocycles. The Kier molecular flexibility index (Phi) is 7.33. The molecule has 3 heterocycles. The Morgan fingerprint density at radius 1 is 1.14 bits per heavy atom. The molecular formula is C26H34N6O3. The molecule has 1 fully saturated rings. The molecule has 0 radical (unpaired) electrons. The Labute approximate surface area is 205 Å². The van der Waals surface area contributed by atoms with Crippen molar-refractivity contribution in [1.82, 2.24) is 25.2 Å². The molecule has 3 aromatic heterocycles. The fourth-order valence-corrected chi connectivity index (χ4v) is 4.84. The molecule has 9 heteroatoms. The van der Waals surface area contributed by atoms with Crippen molar-refractivity contribution in [3.63, 3.8) is 0 Å². The first-order valence-corrected chi connectivity index (χ1v) is 12.3. The maximum atomic E-state index is 13.4. The molecule has 4 rings (SSSR count). The zero-order valence-electron chi connectivity index (χ0n) is 21.0. The molecule has 2 N–H and O–H groups in total. The van der Waals surface area contributed by atoms with Gasteiger partial charge in [-0.1, -0.05) is 38.8 Å². The van der Waals surface area contributed by atoms with E-state index >= 15 is 0 Å². The number of aryl methyl sites for hydroxylation is 2. The van der Waals surface area contributed by atoms with Gasteiger partial charge in [-0.25, -0.2) is 4.98 Å². The number of amides is 2. The van der Waals surface area contributed by atoms with Gasteiger partial charge in [-0.3, -0.25) is 14.3 Å². The van der Waals surface area contributed by atoms with Crippen molar-refractivity contribution in [2.75, 3.05) is 5.32 Å². The van der Waals surface area contributed by atoms with E-state index in [9.17, 15) is 9.59 Å². The molecule has 1 unspecified atom stereocenters. The van der Waals surface area contributed by atoms with Crippen LogP contribution in [0.2, 0.25) is 0 Å². The van der Waals surface area contributed by atoms with Crippen LogP contribution < -0.4 is 10.6 Å². The first kappa shape index (κ1) is 24.6. The van der Waals surface area contributed by atoms with Gasteiger partial charge in [0.25, 0.3) is 5.91 Å². The standard InChI is InChI=1S/C26H34N6O3/c1-15(2)22-20(14-35-31-22)25(33)30-23(18-8-6-16(3)7-9-18)26(34)29-21-11-10-19(13-27-21)24-17(4)12-28-32(24)5/h10-16,18,23H,6-9H2,1-5H3,(H,30,33)(H,27,29,34). The van der Waals surface area contributed by atoms with Crippen LogP contribution in [-0.4, -0.2) is 37.8 Å². The van der Waals surface area contributed by atoms with Crippen molar-refractivity contribution in [2.24, 2.45) is 18.9 Å². The summed E-state index contributed by atoms with van der Waals surface area (Å²) in [6.07, 6.45) is 8.71. The van der Waals surface area contributed by atoms with E-state index in [1.54, 1.807) is 16.9 Å². The fraction of sp³-hybridized carbons (Fsp3) is 0.500. The lowest BCUT2D eigenvalue weighted by Gasteiger charge is -2.32. The van der Waals surface area contributed by atoms with Gasteiger partial charge in [-0.2, -0.15) is 5.10 Å². The summed E-state index contributed by atoms with van der Waals surface area (Å²) >= 11 is 0. The van der Waals surface area contributed by atoms with Crippen LogP contribution in [0.1, 0.15) is 74.0 Å². The predicted octanol–water partition coefficient (Wildman–Crippen LogP) is 4.47. The third-order valence-corrected chi connectivity index (χ3v) is 6.90. The molecule has 1 saturated carbocycles. The van der Waals surface area contributed by atoms with E-state index in [2.05, 4.69) is 32.8 Å². The van der Waals surface area contributed by atoms with E-state index in [0.29, 0.717) is 23.0 Å². The van der Waals surface area contributed by atoms with Crippen molar-refractivity contribution in [3.8, 4) is 11.3 Å². The Morgan fingerprint density at radius 3 is 2.49 bits per heavy atom. The highest BCUT2D eigenvalue weighted by atomic mass is 16.5. The molecule has 1 atom stereocenters. The second kappa shape index (κ2) is 10.4. The van der Waals surface area contributed by atoms with Crippen molar-refractivity contribution >= 4 is 17.6 Å². The molecule has 0 bridgehead atoms. The van der Waals surface area contributed by atoms with Crippen LogP contribution in [0.3, 0.4) is 0 Å². The molecule has 0 spiro atoms. The van der Waals surface area contributed by atoms with Gasteiger partial charge < -0.3 is 15.2 Å². The Balaban J connectivity index is 1.52. The van der Waals surface area contributed by atoms with Crippen LogP contribution in [0.4, 0.5) is 5.82 Å². The topological polar surface area (TPSA) is 115 Å². The third kappa shape index (κ3) is 5.44. The number of nitrogens with zero attached hydrogens (tertiary/aromatic N) is 4. The van der Waals surface area contributed by atoms with Gasteiger partial charge in [-0.05, 0) is 55.2 Å². The summed E-state index contributed by atoms with van der Waals surface area (Å²) in [5.74, 6) is 0.536. The number of carbonyl (C=O) groups is 2. The van der Waals surface area contributed by atoms with Gasteiger partial charge in [0.05, 0.1) is 17.6 Å². The molecular weight excluding hydrogens is 444 g/mol. The normalized spacial score (nSPS) is 18.9. The lowest BCUT2D eigenvalue weighted by molar-refractivity contribution is -0.119. The van der Waals surface area contributed by atoms with Gasteiger partial charge in [0.1, 0.15) is 23.7 Å². The number of hydrogen-bond donors (Lipinski definition) is 2. The maximum absolute atomic E-state index is 13.4. The lowest BCUT2D eigenvalue weighted by Crippen LogP contribution is -2.49. The fourth-order valence-electron chi connectivity index (χ4n) is 4.84. The SMILES string of the molecule is Cc1cnn(C)c1-c1ccc(NC(=O)C(NC(=O)c2conc2C(C)C)C2CCC(C)CC2)nc1. The minimum atomic E-state index is -0.675. The molecule has 1 aliphatic rings. The van der Waals surface area contributed by atoms with Crippen LogP contribution in [0, 0.1) is 18.8 Å². The van der Waals surface area contributed by atoms with E-state index in [0.717, 1.165) is 42.5 Å². The summed E-state index contributed by atoms with van der Waals surface area (Å²) < 4.78 is 6.86. The summed E-state index contributed by atoms with van der Waals surface area (Å²) in [5, 5.41) is 14.1. The average Bonchev–Trinajstić information content (AvgIpc) is 3.45. The van der Waals surface area contributed by atoms with Gasteiger partial charge >= 0.3 is 0 Å². The first-order valence-electron chi connectivity index (χ1n) is 12.3. The van der Waals surface area contributed by atoms with Crippen molar-refractivity contribution in [3.05, 3.63) is 47.6 Å². The van der Waals surface area contributed by atoms with Crippen molar-refractivity contribution in [1.29, 1.82) is 0 Å². The van der Waals surface area contributed by atoms with Gasteiger partial charge in [-0.15, -0.1) is 0 Å². The van der Waals surface area contributed by atoms with Gasteiger partial charge in [0.2, 0.25) is 5.91 Å². The summed E-state index contributed by atoms with van der Waals surface area (Å²) in [5.41, 5.74) is 3.90. The number of aromatic nitrogens is 4. The monoisotopic (exact) mass is 478 g/mol. The zero-order valence-corrected chi connectivity index (χ0v) is 21.0. The maximum Gasteiger partial charge on any atom is 0.257 e. The van der Waals surface area contributed by atoms with E-state index in [-0.39, 0.29) is 23.7 Å². The number of hydrogen-bond acceptors (Lipinski definition) is 6. The van der Waals surface area contributed by atoms with Crippen LogP contribution in [0.25, 0.3) is 11.3 Å². The number of nitrogens with one attached hydrogen (secondary N) is 2. The minimum absolute atomic E-state index is 0.0306. The molecule has 186 valence electrons. The number of rotatable bonds is 7. The molecule has 0 aliphatic heterocycles. The number of anilines is 1. The van der Waals surface area contributed by atoms with Gasteiger partial charge in [0, 0.05) is 18.8 Å². The largest absolute Gasteiger partial charge is 0.364 e. The predicted molar refractivity (Wildman–Crippen MR) is 133 cm³/mol.